The molecule has 0 aliphatic carbocycles. The molecule has 1 nitrogen and oxygen atoms in total. The number of aliphatic hydroxyl groups is 1. The van der Waals surface area contributed by atoms with Gasteiger partial charge in [0.2, 0.25) is 0 Å². The van der Waals surface area contributed by atoms with Crippen LogP contribution in [0.25, 0.3) is 0 Å². The maximum absolute atomic E-state index is 13.5. The summed E-state index contributed by atoms with van der Waals surface area (Å²) < 4.78 is 26.6. The van der Waals surface area contributed by atoms with Gasteiger partial charge in [0.25, 0.3) is 0 Å². The Bertz CT molecular complexity index is 540. The smallest absolute Gasteiger partial charge is 0.164 e. The van der Waals surface area contributed by atoms with Crippen LogP contribution >= 0.6 is 11.8 Å². The van der Waals surface area contributed by atoms with Gasteiger partial charge in [0.05, 0.1) is 0 Å². The van der Waals surface area contributed by atoms with Crippen molar-refractivity contribution >= 4 is 11.8 Å². The predicted octanol–water partition coefficient (Wildman–Crippen LogP) is 3.77. The average molecular weight is 266 g/mol. The van der Waals surface area contributed by atoms with Gasteiger partial charge in [0.15, 0.2) is 11.6 Å². The van der Waals surface area contributed by atoms with Gasteiger partial charge in [0.1, 0.15) is 6.10 Å². The molecule has 0 saturated heterocycles. The second-order valence-electron chi connectivity index (χ2n) is 3.82. The Hall–Kier alpha value is -1.39. The molecule has 0 bridgehead atoms. The summed E-state index contributed by atoms with van der Waals surface area (Å²) in [4.78, 5) is 1.05. The topological polar surface area (TPSA) is 20.2 Å². The minimum atomic E-state index is -1.16. The fraction of sp³-hybridized carbons (Fsp3) is 0.143. The van der Waals surface area contributed by atoms with Gasteiger partial charge in [-0.05, 0) is 30.0 Å². The molecule has 0 aromatic heterocycles. The van der Waals surface area contributed by atoms with E-state index in [0.29, 0.717) is 5.56 Å². The first-order valence-corrected chi connectivity index (χ1v) is 6.62. The molecule has 4 heteroatoms. The Morgan fingerprint density at radius 2 is 1.72 bits per heavy atom. The second-order valence-corrected chi connectivity index (χ2v) is 4.70. The molecule has 2 rings (SSSR count). The first kappa shape index (κ1) is 13.1. The molecule has 1 unspecified atom stereocenters. The molecule has 0 amide bonds. The summed E-state index contributed by atoms with van der Waals surface area (Å²) >= 11 is 1.57. The monoisotopic (exact) mass is 266 g/mol. The largest absolute Gasteiger partial charge is 0.384 e. The van der Waals surface area contributed by atoms with Gasteiger partial charge >= 0.3 is 0 Å². The van der Waals surface area contributed by atoms with E-state index in [1.807, 2.05) is 18.4 Å². The van der Waals surface area contributed by atoms with Crippen LogP contribution in [-0.4, -0.2) is 11.4 Å². The molecule has 0 saturated carbocycles. The highest BCUT2D eigenvalue weighted by Gasteiger charge is 2.17. The van der Waals surface area contributed by atoms with Crippen molar-refractivity contribution in [3.8, 4) is 0 Å². The van der Waals surface area contributed by atoms with Crippen LogP contribution in [0.1, 0.15) is 17.2 Å². The van der Waals surface area contributed by atoms with Crippen molar-refractivity contribution in [3.63, 3.8) is 0 Å². The lowest BCUT2D eigenvalue weighted by Gasteiger charge is -2.13. The number of halogens is 2. The number of benzene rings is 2. The van der Waals surface area contributed by atoms with E-state index in [9.17, 15) is 13.9 Å². The van der Waals surface area contributed by atoms with Crippen LogP contribution in [-0.2, 0) is 0 Å². The van der Waals surface area contributed by atoms with Gasteiger partial charge in [-0.3, -0.25) is 0 Å². The van der Waals surface area contributed by atoms with E-state index < -0.39 is 17.7 Å². The Balaban J connectivity index is 2.35. The van der Waals surface area contributed by atoms with Gasteiger partial charge in [0, 0.05) is 10.5 Å². The Morgan fingerprint density at radius 3 is 2.33 bits per heavy atom. The van der Waals surface area contributed by atoms with E-state index in [0.717, 1.165) is 11.0 Å². The Kier molecular flexibility index (Phi) is 3.99. The molecular formula is C14H12F2OS. The van der Waals surface area contributed by atoms with Gasteiger partial charge < -0.3 is 5.11 Å². The van der Waals surface area contributed by atoms with Gasteiger partial charge in [-0.25, -0.2) is 8.78 Å². The third kappa shape index (κ3) is 2.54. The van der Waals surface area contributed by atoms with Crippen LogP contribution in [0.3, 0.4) is 0 Å². The van der Waals surface area contributed by atoms with Gasteiger partial charge in [-0.1, -0.05) is 24.3 Å². The minimum Gasteiger partial charge on any atom is -0.384 e. The second kappa shape index (κ2) is 5.50. The van der Waals surface area contributed by atoms with Crippen LogP contribution < -0.4 is 0 Å². The van der Waals surface area contributed by atoms with Crippen molar-refractivity contribution in [1.82, 2.24) is 0 Å². The van der Waals surface area contributed by atoms with Crippen LogP contribution in [0.5, 0.6) is 0 Å². The molecule has 2 aromatic carbocycles. The van der Waals surface area contributed by atoms with E-state index in [1.54, 1.807) is 23.9 Å². The quantitative estimate of drug-likeness (QED) is 0.853. The first-order chi connectivity index (χ1) is 8.63. The lowest BCUT2D eigenvalue weighted by Crippen LogP contribution is -2.04. The van der Waals surface area contributed by atoms with Crippen LogP contribution in [0.4, 0.5) is 8.78 Å². The highest BCUT2D eigenvalue weighted by atomic mass is 32.2. The number of rotatable bonds is 3. The van der Waals surface area contributed by atoms with E-state index >= 15 is 0 Å². The summed E-state index contributed by atoms with van der Waals surface area (Å²) in [6.07, 6.45) is 0.786. The number of thioether (sulfide) groups is 1. The zero-order valence-corrected chi connectivity index (χ0v) is 10.5. The van der Waals surface area contributed by atoms with E-state index in [1.165, 1.54) is 12.1 Å². The molecule has 0 aliphatic rings. The predicted molar refractivity (Wildman–Crippen MR) is 68.6 cm³/mol. The number of hydrogen-bond donors (Lipinski definition) is 1. The molecule has 0 fully saturated rings. The van der Waals surface area contributed by atoms with Crippen LogP contribution in [0.15, 0.2) is 47.4 Å². The van der Waals surface area contributed by atoms with Crippen molar-refractivity contribution in [2.24, 2.45) is 0 Å². The van der Waals surface area contributed by atoms with Crippen molar-refractivity contribution in [1.29, 1.82) is 0 Å². The molecule has 94 valence electrons. The summed E-state index contributed by atoms with van der Waals surface area (Å²) in [5.74, 6) is -1.95. The highest BCUT2D eigenvalue weighted by molar-refractivity contribution is 7.98. The third-order valence-corrected chi connectivity index (χ3v) is 3.45. The maximum atomic E-state index is 13.5. The van der Waals surface area contributed by atoms with Gasteiger partial charge in [-0.15, -0.1) is 11.8 Å². The number of hydrogen-bond acceptors (Lipinski definition) is 2. The van der Waals surface area contributed by atoms with Crippen molar-refractivity contribution in [2.75, 3.05) is 6.26 Å². The molecule has 1 atom stereocenters. The Labute approximate surface area is 108 Å². The summed E-state index contributed by atoms with van der Waals surface area (Å²) in [5, 5.41) is 10.0. The lowest BCUT2D eigenvalue weighted by molar-refractivity contribution is 0.213. The van der Waals surface area contributed by atoms with Crippen LogP contribution in [0.2, 0.25) is 0 Å². The molecule has 2 aromatic rings. The summed E-state index contributed by atoms with van der Waals surface area (Å²) in [7, 11) is 0. The van der Waals surface area contributed by atoms with Gasteiger partial charge in [-0.2, -0.15) is 0 Å². The van der Waals surface area contributed by atoms with Crippen molar-refractivity contribution < 1.29 is 13.9 Å². The third-order valence-electron chi connectivity index (χ3n) is 2.71. The summed E-state index contributed by atoms with van der Waals surface area (Å²) in [6, 6.07) is 10.9. The molecule has 18 heavy (non-hydrogen) atoms. The van der Waals surface area contributed by atoms with E-state index in [-0.39, 0.29) is 5.56 Å². The minimum absolute atomic E-state index is 0.0492. The molecular weight excluding hydrogens is 254 g/mol. The summed E-state index contributed by atoms with van der Waals surface area (Å²) in [6.45, 7) is 0. The fourth-order valence-electron chi connectivity index (χ4n) is 1.70. The molecule has 0 radical (unpaired) electrons. The highest BCUT2D eigenvalue weighted by Crippen LogP contribution is 2.26. The molecule has 0 heterocycles. The maximum Gasteiger partial charge on any atom is 0.164 e. The zero-order valence-electron chi connectivity index (χ0n) is 9.73. The normalized spacial score (nSPS) is 12.4. The summed E-state index contributed by atoms with van der Waals surface area (Å²) in [5.41, 5.74) is 0.490. The lowest BCUT2D eigenvalue weighted by atomic mass is 10.0. The standard InChI is InChI=1S/C14H12F2OS/c1-18-10-7-5-9(6-8-10)14(17)11-3-2-4-12(15)13(11)16/h2-8,14,17H,1H3. The fourth-order valence-corrected chi connectivity index (χ4v) is 2.11. The van der Waals surface area contributed by atoms with E-state index in [2.05, 4.69) is 0 Å². The molecule has 0 spiro atoms. The van der Waals surface area contributed by atoms with Crippen LogP contribution in [0, 0.1) is 11.6 Å². The van der Waals surface area contributed by atoms with Crippen molar-refractivity contribution in [2.45, 2.75) is 11.0 Å². The van der Waals surface area contributed by atoms with E-state index in [4.69, 9.17) is 0 Å². The first-order valence-electron chi connectivity index (χ1n) is 5.39. The van der Waals surface area contributed by atoms with Crippen molar-refractivity contribution in [3.05, 3.63) is 65.2 Å². The SMILES string of the molecule is CSc1ccc(C(O)c2cccc(F)c2F)cc1. The average Bonchev–Trinajstić information content (AvgIpc) is 2.41. The number of aliphatic hydroxyl groups excluding tert-OH is 1. The Morgan fingerprint density at radius 1 is 1.06 bits per heavy atom. The molecule has 0 aliphatic heterocycles. The molecule has 1 N–H and O–H groups in total. The zero-order chi connectivity index (χ0) is 13.1.